The van der Waals surface area contributed by atoms with Gasteiger partial charge in [0, 0.05) is 17.5 Å². The maximum Gasteiger partial charge on any atom is 0.226 e. The van der Waals surface area contributed by atoms with Crippen LogP contribution in [0.15, 0.2) is 29.6 Å². The molecule has 1 amide bonds. The maximum atomic E-state index is 11.5. The van der Waals surface area contributed by atoms with Crippen LogP contribution in [-0.4, -0.2) is 17.4 Å². The number of aryl methyl sites for hydroxylation is 1. The van der Waals surface area contributed by atoms with E-state index in [1.165, 1.54) is 5.56 Å². The summed E-state index contributed by atoms with van der Waals surface area (Å²) in [6.45, 7) is 4.64. The number of nitrogens with zero attached hydrogens (tertiary/aromatic N) is 1. The van der Waals surface area contributed by atoms with E-state index in [0.717, 1.165) is 16.3 Å². The Hall–Kier alpha value is -1.68. The van der Waals surface area contributed by atoms with Gasteiger partial charge >= 0.3 is 0 Å². The lowest BCUT2D eigenvalue weighted by molar-refractivity contribution is -0.120. The van der Waals surface area contributed by atoms with Gasteiger partial charge in [0.15, 0.2) is 0 Å². The van der Waals surface area contributed by atoms with Crippen molar-refractivity contribution in [3.05, 3.63) is 40.9 Å². The summed E-state index contributed by atoms with van der Waals surface area (Å²) < 4.78 is 0. The number of aromatic nitrogens is 1. The molecule has 1 heterocycles. The SMILES string of the molecule is CCNC(=O)Cc1csc(-c2cccc(C)c2)n1. The number of amides is 1. The van der Waals surface area contributed by atoms with Gasteiger partial charge in [-0.2, -0.15) is 0 Å². The minimum absolute atomic E-state index is 0.0265. The highest BCUT2D eigenvalue weighted by atomic mass is 32.1. The predicted molar refractivity (Wildman–Crippen MR) is 74.7 cm³/mol. The van der Waals surface area contributed by atoms with E-state index in [2.05, 4.69) is 29.4 Å². The fraction of sp³-hybridized carbons (Fsp3) is 0.286. The number of thiazole rings is 1. The van der Waals surface area contributed by atoms with E-state index in [9.17, 15) is 4.79 Å². The maximum absolute atomic E-state index is 11.5. The molecule has 1 N–H and O–H groups in total. The molecule has 1 aromatic heterocycles. The van der Waals surface area contributed by atoms with Gasteiger partial charge in [-0.05, 0) is 19.9 Å². The average Bonchev–Trinajstić information content (AvgIpc) is 2.78. The Morgan fingerprint density at radius 2 is 2.28 bits per heavy atom. The van der Waals surface area contributed by atoms with Crippen LogP contribution in [-0.2, 0) is 11.2 Å². The molecule has 0 unspecified atom stereocenters. The summed E-state index contributed by atoms with van der Waals surface area (Å²) in [6.07, 6.45) is 0.357. The predicted octanol–water partition coefficient (Wildman–Crippen LogP) is 2.80. The Morgan fingerprint density at radius 3 is 3.00 bits per heavy atom. The standard InChI is InChI=1S/C14H16N2OS/c1-3-15-13(17)8-12-9-18-14(16-12)11-6-4-5-10(2)7-11/h4-7,9H,3,8H2,1-2H3,(H,15,17). The lowest BCUT2D eigenvalue weighted by atomic mass is 10.1. The molecule has 0 spiro atoms. The fourth-order valence-electron chi connectivity index (χ4n) is 1.72. The molecule has 0 saturated carbocycles. The van der Waals surface area contributed by atoms with Crippen molar-refractivity contribution in [2.24, 2.45) is 0 Å². The molecule has 2 rings (SSSR count). The third-order valence-corrected chi connectivity index (χ3v) is 3.47. The molecular weight excluding hydrogens is 244 g/mol. The molecule has 1 aromatic carbocycles. The molecule has 0 saturated heterocycles. The Balaban J connectivity index is 2.13. The van der Waals surface area contributed by atoms with Gasteiger partial charge in [0.25, 0.3) is 0 Å². The summed E-state index contributed by atoms with van der Waals surface area (Å²) in [6, 6.07) is 8.23. The van der Waals surface area contributed by atoms with Gasteiger partial charge in [-0.15, -0.1) is 11.3 Å². The largest absolute Gasteiger partial charge is 0.356 e. The highest BCUT2D eigenvalue weighted by Gasteiger charge is 2.08. The molecule has 3 nitrogen and oxygen atoms in total. The zero-order valence-corrected chi connectivity index (χ0v) is 11.4. The molecule has 0 fully saturated rings. The second-order valence-electron chi connectivity index (χ2n) is 4.14. The van der Waals surface area contributed by atoms with E-state index in [0.29, 0.717) is 13.0 Å². The fourth-order valence-corrected chi connectivity index (χ4v) is 2.54. The minimum Gasteiger partial charge on any atom is -0.356 e. The summed E-state index contributed by atoms with van der Waals surface area (Å²) >= 11 is 1.58. The van der Waals surface area contributed by atoms with Crippen LogP contribution in [0.4, 0.5) is 0 Å². The molecule has 0 aliphatic carbocycles. The lowest BCUT2D eigenvalue weighted by Crippen LogP contribution is -2.24. The van der Waals surface area contributed by atoms with Crippen LogP contribution in [0.5, 0.6) is 0 Å². The second kappa shape index (κ2) is 5.78. The highest BCUT2D eigenvalue weighted by molar-refractivity contribution is 7.13. The van der Waals surface area contributed by atoms with Gasteiger partial charge in [-0.25, -0.2) is 4.98 Å². The topological polar surface area (TPSA) is 42.0 Å². The number of hydrogen-bond acceptors (Lipinski definition) is 3. The number of carbonyl (C=O) groups excluding carboxylic acids is 1. The summed E-state index contributed by atoms with van der Waals surface area (Å²) in [5, 5.41) is 5.70. The van der Waals surface area contributed by atoms with Crippen molar-refractivity contribution in [1.29, 1.82) is 0 Å². The van der Waals surface area contributed by atoms with Gasteiger partial charge in [-0.1, -0.05) is 23.8 Å². The van der Waals surface area contributed by atoms with Crippen molar-refractivity contribution in [2.45, 2.75) is 20.3 Å². The van der Waals surface area contributed by atoms with Gasteiger partial charge in [0.05, 0.1) is 12.1 Å². The van der Waals surface area contributed by atoms with Gasteiger partial charge in [0.2, 0.25) is 5.91 Å². The third-order valence-electron chi connectivity index (χ3n) is 2.53. The minimum atomic E-state index is 0.0265. The normalized spacial score (nSPS) is 10.3. The van der Waals surface area contributed by atoms with Gasteiger partial charge < -0.3 is 5.32 Å². The third kappa shape index (κ3) is 3.17. The van der Waals surface area contributed by atoms with Crippen molar-refractivity contribution in [3.63, 3.8) is 0 Å². The Bertz CT molecular complexity index is 548. The Labute approximate surface area is 111 Å². The zero-order chi connectivity index (χ0) is 13.0. The van der Waals surface area contributed by atoms with Crippen molar-refractivity contribution in [2.75, 3.05) is 6.54 Å². The van der Waals surface area contributed by atoms with Crippen LogP contribution in [0.2, 0.25) is 0 Å². The number of carbonyl (C=O) groups is 1. The molecular formula is C14H16N2OS. The van der Waals surface area contributed by atoms with E-state index in [4.69, 9.17) is 0 Å². The van der Waals surface area contributed by atoms with Crippen molar-refractivity contribution < 1.29 is 4.79 Å². The summed E-state index contributed by atoms with van der Waals surface area (Å²) in [5.74, 6) is 0.0265. The van der Waals surface area contributed by atoms with E-state index in [1.807, 2.05) is 24.4 Å². The first-order chi connectivity index (χ1) is 8.69. The van der Waals surface area contributed by atoms with Gasteiger partial charge in [0.1, 0.15) is 5.01 Å². The summed E-state index contributed by atoms with van der Waals surface area (Å²) in [4.78, 5) is 16.0. The first-order valence-corrected chi connectivity index (χ1v) is 6.85. The number of rotatable bonds is 4. The first-order valence-electron chi connectivity index (χ1n) is 5.97. The van der Waals surface area contributed by atoms with Gasteiger partial charge in [-0.3, -0.25) is 4.79 Å². The molecule has 0 aliphatic heterocycles. The summed E-state index contributed by atoms with van der Waals surface area (Å²) in [7, 11) is 0. The van der Waals surface area contributed by atoms with Crippen LogP contribution in [0.25, 0.3) is 10.6 Å². The number of benzene rings is 1. The highest BCUT2D eigenvalue weighted by Crippen LogP contribution is 2.24. The van der Waals surface area contributed by atoms with Crippen molar-refractivity contribution >= 4 is 17.2 Å². The van der Waals surface area contributed by atoms with Crippen LogP contribution in [0.3, 0.4) is 0 Å². The second-order valence-corrected chi connectivity index (χ2v) is 5.00. The molecule has 2 aromatic rings. The zero-order valence-electron chi connectivity index (χ0n) is 10.6. The molecule has 0 aliphatic rings. The molecule has 4 heteroatoms. The first kappa shape index (κ1) is 12.8. The van der Waals surface area contributed by atoms with Crippen molar-refractivity contribution in [3.8, 4) is 10.6 Å². The number of nitrogens with one attached hydrogen (secondary N) is 1. The quantitative estimate of drug-likeness (QED) is 0.918. The smallest absolute Gasteiger partial charge is 0.226 e. The molecule has 94 valence electrons. The van der Waals surface area contributed by atoms with Crippen LogP contribution in [0, 0.1) is 6.92 Å². The molecule has 0 bridgehead atoms. The van der Waals surface area contributed by atoms with E-state index < -0.39 is 0 Å². The van der Waals surface area contributed by atoms with E-state index >= 15 is 0 Å². The van der Waals surface area contributed by atoms with E-state index in [1.54, 1.807) is 11.3 Å². The van der Waals surface area contributed by atoms with Crippen LogP contribution < -0.4 is 5.32 Å². The summed E-state index contributed by atoms with van der Waals surface area (Å²) in [5.41, 5.74) is 3.16. The van der Waals surface area contributed by atoms with Crippen LogP contribution in [0.1, 0.15) is 18.2 Å². The molecule has 0 radical (unpaired) electrons. The molecule has 18 heavy (non-hydrogen) atoms. The lowest BCUT2D eigenvalue weighted by Gasteiger charge is -1.99. The van der Waals surface area contributed by atoms with Crippen molar-refractivity contribution in [1.82, 2.24) is 10.3 Å². The Kier molecular flexibility index (Phi) is 4.10. The number of likely N-dealkylation sites (N-methyl/N-ethyl adjacent to an activating group) is 1. The Morgan fingerprint density at radius 1 is 1.44 bits per heavy atom. The van der Waals surface area contributed by atoms with Crippen LogP contribution >= 0.6 is 11.3 Å². The monoisotopic (exact) mass is 260 g/mol. The molecule has 0 atom stereocenters. The average molecular weight is 260 g/mol. The van der Waals surface area contributed by atoms with E-state index in [-0.39, 0.29) is 5.91 Å². The number of hydrogen-bond donors (Lipinski definition) is 1.